The average Bonchev–Trinajstić information content (AvgIpc) is 2.75. The Bertz CT molecular complexity index is 502. The Morgan fingerprint density at radius 2 is 1.12 bits per heavy atom. The molecular formula is C28H59NO3P+. The van der Waals surface area contributed by atoms with Crippen molar-refractivity contribution >= 4 is 7.60 Å². The lowest BCUT2D eigenvalue weighted by molar-refractivity contribution is -0.883. The van der Waals surface area contributed by atoms with E-state index in [0.29, 0.717) is 17.5 Å². The van der Waals surface area contributed by atoms with Crippen LogP contribution in [0.4, 0.5) is 0 Å². The summed E-state index contributed by atoms with van der Waals surface area (Å²) >= 11 is 0. The highest BCUT2D eigenvalue weighted by Gasteiger charge is 2.41. The first-order chi connectivity index (χ1) is 15.8. The second-order valence-electron chi connectivity index (χ2n) is 10.8. The molecule has 0 bridgehead atoms. The Kier molecular flexibility index (Phi) is 21.1. The highest BCUT2D eigenvalue weighted by Crippen LogP contribution is 2.51. The van der Waals surface area contributed by atoms with Crippen LogP contribution in [0.15, 0.2) is 12.2 Å². The fourth-order valence-corrected chi connectivity index (χ4v) is 6.44. The first-order valence-corrected chi connectivity index (χ1v) is 15.8. The van der Waals surface area contributed by atoms with E-state index in [-0.39, 0.29) is 5.78 Å². The van der Waals surface area contributed by atoms with Crippen molar-refractivity contribution in [3.05, 3.63) is 12.2 Å². The van der Waals surface area contributed by atoms with Crippen LogP contribution in [0, 0.1) is 0 Å². The third-order valence-corrected chi connectivity index (χ3v) is 8.76. The summed E-state index contributed by atoms with van der Waals surface area (Å²) in [4.78, 5) is 10.4. The van der Waals surface area contributed by atoms with Crippen molar-refractivity contribution in [2.24, 2.45) is 0 Å². The maximum atomic E-state index is 12.6. The Hall–Kier alpha value is -0.150. The summed E-state index contributed by atoms with van der Waals surface area (Å²) < 4.78 is 18.6. The molecule has 0 saturated heterocycles. The van der Waals surface area contributed by atoms with Gasteiger partial charge in [-0.2, -0.15) is 0 Å². The van der Waals surface area contributed by atoms with Gasteiger partial charge >= 0.3 is 7.60 Å². The van der Waals surface area contributed by atoms with Crippen LogP contribution in [-0.2, 0) is 9.09 Å². The first-order valence-electron chi connectivity index (χ1n) is 14.2. The van der Waals surface area contributed by atoms with Gasteiger partial charge < -0.3 is 13.9 Å². The molecule has 0 aliphatic rings. The van der Waals surface area contributed by atoms with E-state index in [1.54, 1.807) is 0 Å². The molecule has 2 atom stereocenters. The molecule has 2 unspecified atom stereocenters. The molecule has 5 heteroatoms. The second kappa shape index (κ2) is 21.2. The minimum absolute atomic E-state index is 0.349. The zero-order valence-electron chi connectivity index (χ0n) is 23.0. The second-order valence-corrected chi connectivity index (χ2v) is 12.8. The van der Waals surface area contributed by atoms with E-state index in [4.69, 9.17) is 4.52 Å². The normalized spacial score (nSPS) is 15.2. The Morgan fingerprint density at radius 1 is 0.697 bits per heavy atom. The molecular weight excluding hydrogens is 429 g/mol. The molecule has 0 aromatic heterocycles. The van der Waals surface area contributed by atoms with Crippen molar-refractivity contribution in [1.82, 2.24) is 0 Å². The summed E-state index contributed by atoms with van der Waals surface area (Å²) in [5.41, 5.74) is 0. The average molecular weight is 489 g/mol. The number of nitrogens with zero attached hydrogens (tertiary/aromatic N) is 1. The molecule has 33 heavy (non-hydrogen) atoms. The molecule has 0 rings (SSSR count). The van der Waals surface area contributed by atoms with Crippen LogP contribution in [0.2, 0.25) is 0 Å². The van der Waals surface area contributed by atoms with E-state index in [0.717, 1.165) is 25.7 Å². The predicted octanol–water partition coefficient (Wildman–Crippen LogP) is 9.23. The summed E-state index contributed by atoms with van der Waals surface area (Å²) in [7, 11) is 2.31. The van der Waals surface area contributed by atoms with Gasteiger partial charge in [0, 0.05) is 6.42 Å². The summed E-state index contributed by atoms with van der Waals surface area (Å²) in [6.45, 7) is 4.69. The number of unbranched alkanes of at least 4 members (excludes halogenated alkanes) is 15. The lowest BCUT2D eigenvalue weighted by Crippen LogP contribution is -2.45. The van der Waals surface area contributed by atoms with Gasteiger partial charge in [-0.3, -0.25) is 4.57 Å². The van der Waals surface area contributed by atoms with E-state index < -0.39 is 7.60 Å². The van der Waals surface area contributed by atoms with Crippen molar-refractivity contribution in [3.8, 4) is 0 Å². The van der Waals surface area contributed by atoms with E-state index in [2.05, 4.69) is 19.1 Å². The third kappa shape index (κ3) is 19.8. The van der Waals surface area contributed by atoms with Crippen molar-refractivity contribution in [3.63, 3.8) is 0 Å². The quantitative estimate of drug-likeness (QED) is 0.0637. The fraction of sp³-hybridized carbons (Fsp3) is 0.929. The number of quaternary nitrogens is 1. The first kappa shape index (κ1) is 32.8. The highest BCUT2D eigenvalue weighted by atomic mass is 31.2. The maximum absolute atomic E-state index is 12.6. The molecule has 1 N–H and O–H groups in total. The van der Waals surface area contributed by atoms with Crippen LogP contribution in [0.1, 0.15) is 136 Å². The van der Waals surface area contributed by atoms with Crippen LogP contribution in [0.25, 0.3) is 0 Å². The lowest BCUT2D eigenvalue weighted by Gasteiger charge is -2.35. The van der Waals surface area contributed by atoms with Gasteiger partial charge in [0.05, 0.1) is 27.7 Å². The number of rotatable bonds is 24. The molecule has 0 saturated carbocycles. The molecule has 0 spiro atoms. The van der Waals surface area contributed by atoms with Gasteiger partial charge in [-0.25, -0.2) is 0 Å². The minimum Gasteiger partial charge on any atom is -0.320 e. The third-order valence-electron chi connectivity index (χ3n) is 6.50. The molecule has 0 aliphatic carbocycles. The van der Waals surface area contributed by atoms with Gasteiger partial charge in [0.15, 0.2) is 5.78 Å². The Labute approximate surface area is 207 Å². The highest BCUT2D eigenvalue weighted by molar-refractivity contribution is 7.53. The van der Waals surface area contributed by atoms with Crippen molar-refractivity contribution in [1.29, 1.82) is 0 Å². The molecule has 0 heterocycles. The molecule has 198 valence electrons. The fourth-order valence-electron chi connectivity index (χ4n) is 4.42. The van der Waals surface area contributed by atoms with Crippen LogP contribution in [0.5, 0.6) is 0 Å². The van der Waals surface area contributed by atoms with Gasteiger partial charge in [-0.15, -0.1) is 0 Å². The molecule has 0 aromatic carbocycles. The van der Waals surface area contributed by atoms with Crippen molar-refractivity contribution < 1.29 is 18.5 Å². The molecule has 0 aromatic rings. The Morgan fingerprint density at radius 3 is 1.55 bits per heavy atom. The molecule has 0 amide bonds. The number of allylic oxidation sites excluding steroid dienone is 2. The largest absolute Gasteiger partial charge is 0.385 e. The number of hydrogen-bond donors (Lipinski definition) is 1. The van der Waals surface area contributed by atoms with Gasteiger partial charge in [0.25, 0.3) is 0 Å². The van der Waals surface area contributed by atoms with Crippen LogP contribution < -0.4 is 0 Å². The zero-order chi connectivity index (χ0) is 24.8. The summed E-state index contributed by atoms with van der Waals surface area (Å²) in [6.07, 6.45) is 28.5. The predicted molar refractivity (Wildman–Crippen MR) is 146 cm³/mol. The van der Waals surface area contributed by atoms with Gasteiger partial charge in [0.1, 0.15) is 0 Å². The van der Waals surface area contributed by atoms with Crippen LogP contribution >= 0.6 is 7.60 Å². The summed E-state index contributed by atoms with van der Waals surface area (Å²) in [6, 6.07) is 0. The summed E-state index contributed by atoms with van der Waals surface area (Å²) in [5, 5.41) is 0. The van der Waals surface area contributed by atoms with E-state index in [1.807, 2.05) is 28.1 Å². The van der Waals surface area contributed by atoms with Gasteiger partial charge in [-0.05, 0) is 32.1 Å². The van der Waals surface area contributed by atoms with Gasteiger partial charge in [0.2, 0.25) is 0 Å². The van der Waals surface area contributed by atoms with Crippen molar-refractivity contribution in [2.45, 2.75) is 142 Å². The van der Waals surface area contributed by atoms with Crippen molar-refractivity contribution in [2.75, 3.05) is 27.7 Å². The molecule has 0 fully saturated rings. The topological polar surface area (TPSA) is 46.5 Å². The van der Waals surface area contributed by atoms with Crippen LogP contribution in [-0.4, -0.2) is 42.9 Å². The lowest BCUT2D eigenvalue weighted by atomic mass is 10.0. The molecule has 0 radical (unpaired) electrons. The van der Waals surface area contributed by atoms with E-state index >= 15 is 0 Å². The molecule has 4 nitrogen and oxygen atoms in total. The molecule has 0 aliphatic heterocycles. The SMILES string of the molecule is CCCCCCCCCCCCCCCCC=CCCCOP(=O)(O)C(CCC)[N+](C)(C)C. The summed E-state index contributed by atoms with van der Waals surface area (Å²) in [5.74, 6) is -0.349. The Balaban J connectivity index is 3.54. The number of hydrogen-bond acceptors (Lipinski definition) is 2. The zero-order valence-corrected chi connectivity index (χ0v) is 23.9. The standard InChI is InChI=1S/C28H58NO3P/c1-6-8-9-10-11-12-13-14-15-16-17-18-19-20-21-22-23-24-25-27-32-33(30,31)28(26-7-2)29(3,4)5/h22-23,28H,6-21,24-27H2,1-5H3/p+1. The monoisotopic (exact) mass is 488 g/mol. The van der Waals surface area contributed by atoms with Crippen LogP contribution in [0.3, 0.4) is 0 Å². The maximum Gasteiger partial charge on any atom is 0.385 e. The smallest absolute Gasteiger partial charge is 0.320 e. The van der Waals surface area contributed by atoms with Gasteiger partial charge in [-0.1, -0.05) is 109 Å². The van der Waals surface area contributed by atoms with E-state index in [1.165, 1.54) is 89.9 Å². The minimum atomic E-state index is -3.59. The van der Waals surface area contributed by atoms with E-state index in [9.17, 15) is 9.46 Å².